The molecule has 12 rings (SSSR count). The minimum absolute atomic E-state index is 0.00735. The van der Waals surface area contributed by atoms with Gasteiger partial charge in [-0.15, -0.1) is 22.7 Å². The van der Waals surface area contributed by atoms with Gasteiger partial charge in [0, 0.05) is 51.1 Å². The number of rotatable bonds is 5. The molecule has 274 valence electrons. The summed E-state index contributed by atoms with van der Waals surface area (Å²) in [6.07, 6.45) is 8.88. The Kier molecular flexibility index (Phi) is 7.81. The molecule has 7 aromatic carbocycles. The van der Waals surface area contributed by atoms with Crippen LogP contribution in [0.25, 0.3) is 79.0 Å². The third-order valence-electron chi connectivity index (χ3n) is 12.0. The fourth-order valence-corrected chi connectivity index (χ4v) is 11.7. The zero-order valence-electron chi connectivity index (χ0n) is 31.1. The van der Waals surface area contributed by atoms with Crippen molar-refractivity contribution < 1.29 is 0 Å². The van der Waals surface area contributed by atoms with Crippen LogP contribution in [0.15, 0.2) is 175 Å². The van der Waals surface area contributed by atoms with Crippen LogP contribution in [0.4, 0.5) is 0 Å². The molecular formula is C51H38N4S2. The van der Waals surface area contributed by atoms with Gasteiger partial charge in [-0.2, -0.15) is 0 Å². The van der Waals surface area contributed by atoms with E-state index in [1.54, 1.807) is 0 Å². The highest BCUT2D eigenvalue weighted by atomic mass is 32.1. The Morgan fingerprint density at radius 3 is 1.82 bits per heavy atom. The van der Waals surface area contributed by atoms with Gasteiger partial charge in [-0.1, -0.05) is 121 Å². The molecule has 0 spiro atoms. The van der Waals surface area contributed by atoms with Gasteiger partial charge in [0.2, 0.25) is 0 Å². The largest absolute Gasteiger partial charge is 0.309 e. The van der Waals surface area contributed by atoms with Crippen molar-refractivity contribution in [1.82, 2.24) is 20.5 Å². The smallest absolute Gasteiger partial charge is 0.0864 e. The van der Waals surface area contributed by atoms with Crippen LogP contribution in [0.2, 0.25) is 0 Å². The van der Waals surface area contributed by atoms with Crippen molar-refractivity contribution >= 4 is 84.8 Å². The number of para-hydroxylation sites is 2. The number of nitrogens with one attached hydrogen (secondary N) is 3. The van der Waals surface area contributed by atoms with E-state index in [2.05, 4.69) is 190 Å². The van der Waals surface area contributed by atoms with E-state index in [1.165, 1.54) is 95.7 Å². The van der Waals surface area contributed by atoms with Gasteiger partial charge in [-0.25, -0.2) is 0 Å². The second kappa shape index (κ2) is 13.4. The van der Waals surface area contributed by atoms with Crippen LogP contribution in [0, 0.1) is 0 Å². The number of benzene rings is 7. The van der Waals surface area contributed by atoms with Crippen LogP contribution in [0.1, 0.15) is 36.3 Å². The zero-order valence-corrected chi connectivity index (χ0v) is 32.7. The molecule has 1 aliphatic carbocycles. The van der Waals surface area contributed by atoms with Gasteiger partial charge in [-0.05, 0) is 89.2 Å². The van der Waals surface area contributed by atoms with Gasteiger partial charge >= 0.3 is 0 Å². The lowest BCUT2D eigenvalue weighted by molar-refractivity contribution is 0.219. The SMILES string of the molecule is C1=CCCC(C2NC(c3ccccc3)NC(c3ccc4sc5cccc(-c6cccc7sc8cccc(-n9c%10ccccc%10c%10ccccc%109)c8c67)c5c4c3)N2)=C1. The lowest BCUT2D eigenvalue weighted by Crippen LogP contribution is -2.59. The summed E-state index contributed by atoms with van der Waals surface area (Å²) in [5, 5.41) is 19.6. The number of hydrogen-bond acceptors (Lipinski definition) is 5. The van der Waals surface area contributed by atoms with Crippen molar-refractivity contribution in [2.45, 2.75) is 31.3 Å². The first kappa shape index (κ1) is 33.3. The zero-order chi connectivity index (χ0) is 37.5. The molecule has 4 nitrogen and oxygen atoms in total. The number of nitrogens with zero attached hydrogens (tertiary/aromatic N) is 1. The topological polar surface area (TPSA) is 41.0 Å². The molecule has 3 unspecified atom stereocenters. The van der Waals surface area contributed by atoms with Gasteiger partial charge in [-0.3, -0.25) is 16.0 Å². The molecule has 10 aromatic rings. The lowest BCUT2D eigenvalue weighted by atomic mass is 9.94. The van der Waals surface area contributed by atoms with Gasteiger partial charge in [0.1, 0.15) is 0 Å². The van der Waals surface area contributed by atoms with Crippen LogP contribution in [-0.4, -0.2) is 10.7 Å². The summed E-state index contributed by atoms with van der Waals surface area (Å²) >= 11 is 3.78. The van der Waals surface area contributed by atoms with Gasteiger partial charge in [0.05, 0.1) is 35.2 Å². The number of allylic oxidation sites excluding steroid dienone is 3. The summed E-state index contributed by atoms with van der Waals surface area (Å²) in [5.41, 5.74) is 10.1. The second-order valence-corrected chi connectivity index (χ2v) is 17.4. The van der Waals surface area contributed by atoms with Crippen LogP contribution in [-0.2, 0) is 0 Å². The second-order valence-electron chi connectivity index (χ2n) is 15.3. The maximum atomic E-state index is 3.95. The van der Waals surface area contributed by atoms with Crippen molar-refractivity contribution in [3.8, 4) is 16.8 Å². The van der Waals surface area contributed by atoms with Crippen molar-refractivity contribution in [2.24, 2.45) is 0 Å². The lowest BCUT2D eigenvalue weighted by Gasteiger charge is -2.40. The van der Waals surface area contributed by atoms with E-state index in [4.69, 9.17) is 0 Å². The molecule has 4 heterocycles. The van der Waals surface area contributed by atoms with Crippen molar-refractivity contribution in [2.75, 3.05) is 0 Å². The quantitative estimate of drug-likeness (QED) is 0.163. The molecule has 1 fully saturated rings. The standard InChI is InChI=1S/C51H38N4S2/c1-3-14-31(15-4-1)49-52-50(32-16-5-2-6-17-32)54-51(53-49)33-28-29-42-38(30-33)46-36(20-11-25-43(46)56-42)37-21-12-26-44-47(37)48-41(24-13-27-45(48)57-44)55-39-22-9-7-18-34(39)35-19-8-10-23-40(35)55/h1-5,7-16,18-30,49-54H,6,17H2. The molecule has 1 aliphatic heterocycles. The van der Waals surface area contributed by atoms with Gasteiger partial charge in [0.25, 0.3) is 0 Å². The Labute approximate surface area is 338 Å². The van der Waals surface area contributed by atoms with E-state index in [9.17, 15) is 0 Å². The molecule has 6 heteroatoms. The van der Waals surface area contributed by atoms with E-state index in [-0.39, 0.29) is 18.5 Å². The van der Waals surface area contributed by atoms with Gasteiger partial charge < -0.3 is 4.57 Å². The maximum Gasteiger partial charge on any atom is 0.0864 e. The fourth-order valence-electron chi connectivity index (χ4n) is 9.44. The Morgan fingerprint density at radius 2 is 1.09 bits per heavy atom. The predicted octanol–water partition coefficient (Wildman–Crippen LogP) is 13.3. The van der Waals surface area contributed by atoms with Crippen molar-refractivity contribution in [3.05, 3.63) is 187 Å². The molecule has 0 bridgehead atoms. The highest BCUT2D eigenvalue weighted by Gasteiger charge is 2.31. The maximum absolute atomic E-state index is 3.95. The summed E-state index contributed by atoms with van der Waals surface area (Å²) in [5.74, 6) is 0. The minimum Gasteiger partial charge on any atom is -0.309 e. The number of thiophene rings is 2. The Hall–Kier alpha value is -5.86. The normalized spacial score (nSPS) is 18.7. The molecule has 3 atom stereocenters. The molecule has 0 radical (unpaired) electrons. The summed E-state index contributed by atoms with van der Waals surface area (Å²) in [4.78, 5) is 0. The van der Waals surface area contributed by atoms with E-state index in [1.807, 2.05) is 22.7 Å². The molecule has 57 heavy (non-hydrogen) atoms. The average molecular weight is 771 g/mol. The third-order valence-corrected chi connectivity index (χ3v) is 14.3. The molecule has 1 saturated heterocycles. The van der Waals surface area contributed by atoms with Crippen LogP contribution >= 0.6 is 22.7 Å². The molecule has 0 saturated carbocycles. The number of fused-ring (bicyclic) bond motifs is 9. The molecule has 0 amide bonds. The molecule has 2 aliphatic rings. The summed E-state index contributed by atoms with van der Waals surface area (Å²) in [6.45, 7) is 0. The van der Waals surface area contributed by atoms with Crippen LogP contribution in [0.5, 0.6) is 0 Å². The fraction of sp³-hybridized carbons (Fsp3) is 0.0980. The Bertz CT molecular complexity index is 3200. The first-order valence-corrected chi connectivity index (χ1v) is 21.5. The van der Waals surface area contributed by atoms with Crippen molar-refractivity contribution in [1.29, 1.82) is 0 Å². The van der Waals surface area contributed by atoms with E-state index < -0.39 is 0 Å². The van der Waals surface area contributed by atoms with E-state index in [0.717, 1.165) is 12.8 Å². The Balaban J connectivity index is 1.05. The molecular weight excluding hydrogens is 733 g/mol. The van der Waals surface area contributed by atoms with Crippen LogP contribution in [0.3, 0.4) is 0 Å². The highest BCUT2D eigenvalue weighted by molar-refractivity contribution is 7.26. The summed E-state index contributed by atoms with van der Waals surface area (Å²) < 4.78 is 7.71. The molecule has 3 aromatic heterocycles. The number of hydrogen-bond donors (Lipinski definition) is 3. The summed E-state index contributed by atoms with van der Waals surface area (Å²) in [6, 6.07) is 56.1. The minimum atomic E-state index is -0.0437. The first-order valence-electron chi connectivity index (χ1n) is 19.8. The number of aromatic nitrogens is 1. The van der Waals surface area contributed by atoms with Crippen LogP contribution < -0.4 is 16.0 Å². The van der Waals surface area contributed by atoms with Crippen molar-refractivity contribution in [3.63, 3.8) is 0 Å². The van der Waals surface area contributed by atoms with Gasteiger partial charge in [0.15, 0.2) is 0 Å². The average Bonchev–Trinajstić information content (AvgIpc) is 3.96. The van der Waals surface area contributed by atoms with E-state index in [0.29, 0.717) is 0 Å². The monoisotopic (exact) mass is 770 g/mol. The predicted molar refractivity (Wildman–Crippen MR) is 244 cm³/mol. The third kappa shape index (κ3) is 5.37. The Morgan fingerprint density at radius 1 is 0.474 bits per heavy atom. The first-order chi connectivity index (χ1) is 28.3. The summed E-state index contributed by atoms with van der Waals surface area (Å²) in [7, 11) is 0. The molecule has 3 N–H and O–H groups in total. The highest BCUT2D eigenvalue weighted by Crippen LogP contribution is 2.48. The van der Waals surface area contributed by atoms with E-state index >= 15 is 0 Å².